The van der Waals surface area contributed by atoms with Crippen LogP contribution in [0, 0.1) is 0 Å². The Kier molecular flexibility index (Phi) is 10.9. The van der Waals surface area contributed by atoms with Gasteiger partial charge >= 0.3 is 12.0 Å². The SMILES string of the molecule is CCSCCC(C)NC(=O)NC(=O)CCCCC(=O)O. The highest BCUT2D eigenvalue weighted by atomic mass is 32.2. The van der Waals surface area contributed by atoms with Gasteiger partial charge in [-0.3, -0.25) is 14.9 Å². The van der Waals surface area contributed by atoms with Gasteiger partial charge in [0.2, 0.25) is 5.91 Å². The summed E-state index contributed by atoms with van der Waals surface area (Å²) in [6.07, 6.45) is 1.98. The molecular weight excluding hydrogens is 280 g/mol. The molecule has 0 fully saturated rings. The molecule has 0 saturated heterocycles. The van der Waals surface area contributed by atoms with E-state index in [1.54, 1.807) is 11.8 Å². The quantitative estimate of drug-likeness (QED) is 0.536. The summed E-state index contributed by atoms with van der Waals surface area (Å²) in [6.45, 7) is 3.98. The molecule has 6 nitrogen and oxygen atoms in total. The lowest BCUT2D eigenvalue weighted by Crippen LogP contribution is -2.43. The van der Waals surface area contributed by atoms with Crippen molar-refractivity contribution in [1.82, 2.24) is 10.6 Å². The van der Waals surface area contributed by atoms with Gasteiger partial charge in [-0.15, -0.1) is 0 Å². The monoisotopic (exact) mass is 304 g/mol. The van der Waals surface area contributed by atoms with E-state index in [1.165, 1.54) is 0 Å². The van der Waals surface area contributed by atoms with Crippen LogP contribution in [0.15, 0.2) is 0 Å². The Hall–Kier alpha value is -1.24. The van der Waals surface area contributed by atoms with Crippen molar-refractivity contribution < 1.29 is 19.5 Å². The number of carboxylic acids is 1. The first kappa shape index (κ1) is 18.8. The molecule has 3 amide bonds. The van der Waals surface area contributed by atoms with Gasteiger partial charge in [-0.25, -0.2) is 4.79 Å². The van der Waals surface area contributed by atoms with Gasteiger partial charge in [0.15, 0.2) is 0 Å². The number of carboxylic acid groups (broad SMARTS) is 1. The first-order valence-electron chi connectivity index (χ1n) is 6.85. The number of urea groups is 1. The van der Waals surface area contributed by atoms with Crippen LogP contribution in [0.1, 0.15) is 46.0 Å². The molecule has 0 aliphatic carbocycles. The summed E-state index contributed by atoms with van der Waals surface area (Å²) < 4.78 is 0. The Labute approximate surface area is 124 Å². The summed E-state index contributed by atoms with van der Waals surface area (Å²) >= 11 is 1.81. The highest BCUT2D eigenvalue weighted by molar-refractivity contribution is 7.99. The van der Waals surface area contributed by atoms with Gasteiger partial charge in [-0.2, -0.15) is 11.8 Å². The number of carbonyl (C=O) groups excluding carboxylic acids is 2. The van der Waals surface area contributed by atoms with E-state index >= 15 is 0 Å². The van der Waals surface area contributed by atoms with E-state index in [2.05, 4.69) is 17.6 Å². The second-order valence-electron chi connectivity index (χ2n) is 4.51. The number of amides is 3. The van der Waals surface area contributed by atoms with Crippen molar-refractivity contribution in [2.24, 2.45) is 0 Å². The lowest BCUT2D eigenvalue weighted by molar-refractivity contribution is -0.137. The van der Waals surface area contributed by atoms with Gasteiger partial charge in [-0.05, 0) is 37.7 Å². The number of hydrogen-bond donors (Lipinski definition) is 3. The minimum Gasteiger partial charge on any atom is -0.481 e. The molecule has 3 N–H and O–H groups in total. The van der Waals surface area contributed by atoms with E-state index in [9.17, 15) is 14.4 Å². The van der Waals surface area contributed by atoms with E-state index in [0.29, 0.717) is 12.8 Å². The molecule has 0 saturated carbocycles. The van der Waals surface area contributed by atoms with Crippen LogP contribution in [0.25, 0.3) is 0 Å². The lowest BCUT2D eigenvalue weighted by Gasteiger charge is -2.13. The number of carbonyl (C=O) groups is 3. The fourth-order valence-electron chi connectivity index (χ4n) is 1.49. The van der Waals surface area contributed by atoms with Gasteiger partial charge in [0.1, 0.15) is 0 Å². The molecular formula is C13H24N2O4S. The maximum absolute atomic E-state index is 11.5. The third-order valence-electron chi connectivity index (χ3n) is 2.57. The fraction of sp³-hybridized carbons (Fsp3) is 0.769. The Morgan fingerprint density at radius 1 is 1.20 bits per heavy atom. The van der Waals surface area contributed by atoms with Gasteiger partial charge in [-0.1, -0.05) is 6.92 Å². The van der Waals surface area contributed by atoms with E-state index in [0.717, 1.165) is 17.9 Å². The molecule has 0 aromatic heterocycles. The minimum absolute atomic E-state index is 0.0221. The average molecular weight is 304 g/mol. The number of rotatable bonds is 10. The predicted molar refractivity (Wildman–Crippen MR) is 79.9 cm³/mol. The summed E-state index contributed by atoms with van der Waals surface area (Å²) in [4.78, 5) is 33.2. The van der Waals surface area contributed by atoms with Crippen LogP contribution in [0.5, 0.6) is 0 Å². The molecule has 0 rings (SSSR count). The summed E-state index contributed by atoms with van der Waals surface area (Å²) in [5.41, 5.74) is 0. The molecule has 0 bridgehead atoms. The third kappa shape index (κ3) is 11.8. The highest BCUT2D eigenvalue weighted by Gasteiger charge is 2.10. The Balaban J connectivity index is 3.68. The van der Waals surface area contributed by atoms with E-state index in [4.69, 9.17) is 5.11 Å². The maximum atomic E-state index is 11.5. The number of imide groups is 1. The molecule has 0 spiro atoms. The third-order valence-corrected chi connectivity index (χ3v) is 3.51. The number of thioether (sulfide) groups is 1. The van der Waals surface area contributed by atoms with Crippen LogP contribution in [-0.4, -0.2) is 40.6 Å². The van der Waals surface area contributed by atoms with E-state index in [-0.39, 0.29) is 24.8 Å². The number of nitrogens with one attached hydrogen (secondary N) is 2. The highest BCUT2D eigenvalue weighted by Crippen LogP contribution is 2.03. The first-order chi connectivity index (χ1) is 9.45. The summed E-state index contributed by atoms with van der Waals surface area (Å²) in [5, 5.41) is 13.4. The van der Waals surface area contributed by atoms with Crippen molar-refractivity contribution in [1.29, 1.82) is 0 Å². The Bertz CT molecular complexity index is 323. The van der Waals surface area contributed by atoms with Gasteiger partial charge in [0, 0.05) is 18.9 Å². The zero-order chi connectivity index (χ0) is 15.4. The summed E-state index contributed by atoms with van der Waals surface area (Å²) in [7, 11) is 0. The molecule has 116 valence electrons. The van der Waals surface area contributed by atoms with Crippen molar-refractivity contribution in [2.45, 2.75) is 52.0 Å². The molecule has 0 aliphatic heterocycles. The first-order valence-corrected chi connectivity index (χ1v) is 8.01. The second-order valence-corrected chi connectivity index (χ2v) is 5.90. The predicted octanol–water partition coefficient (Wildman–Crippen LogP) is 1.99. The van der Waals surface area contributed by atoms with Crippen LogP contribution in [-0.2, 0) is 9.59 Å². The summed E-state index contributed by atoms with van der Waals surface area (Å²) in [5.74, 6) is 0.777. The van der Waals surface area contributed by atoms with E-state index < -0.39 is 12.0 Å². The van der Waals surface area contributed by atoms with Crippen LogP contribution in [0.3, 0.4) is 0 Å². The van der Waals surface area contributed by atoms with Crippen molar-refractivity contribution in [3.8, 4) is 0 Å². The maximum Gasteiger partial charge on any atom is 0.321 e. The van der Waals surface area contributed by atoms with Crippen LogP contribution >= 0.6 is 11.8 Å². The minimum atomic E-state index is -0.873. The molecule has 20 heavy (non-hydrogen) atoms. The zero-order valence-electron chi connectivity index (χ0n) is 12.1. The van der Waals surface area contributed by atoms with Crippen LogP contribution in [0.4, 0.5) is 4.79 Å². The smallest absolute Gasteiger partial charge is 0.321 e. The molecule has 0 aromatic carbocycles. The molecule has 0 aliphatic rings. The number of hydrogen-bond acceptors (Lipinski definition) is 4. The van der Waals surface area contributed by atoms with Gasteiger partial charge in [0.25, 0.3) is 0 Å². The fourth-order valence-corrected chi connectivity index (χ4v) is 2.30. The lowest BCUT2D eigenvalue weighted by atomic mass is 10.2. The number of aliphatic carboxylic acids is 1. The summed E-state index contributed by atoms with van der Waals surface area (Å²) in [6, 6.07) is -0.462. The molecule has 1 atom stereocenters. The van der Waals surface area contributed by atoms with Crippen LogP contribution < -0.4 is 10.6 Å². The average Bonchev–Trinajstić information content (AvgIpc) is 2.34. The normalized spacial score (nSPS) is 11.7. The topological polar surface area (TPSA) is 95.5 Å². The van der Waals surface area contributed by atoms with E-state index in [1.807, 2.05) is 6.92 Å². The molecule has 0 aromatic rings. The molecule has 1 unspecified atom stereocenters. The Morgan fingerprint density at radius 2 is 1.85 bits per heavy atom. The van der Waals surface area contributed by atoms with Gasteiger partial charge < -0.3 is 10.4 Å². The van der Waals surface area contributed by atoms with Gasteiger partial charge in [0.05, 0.1) is 0 Å². The molecule has 0 radical (unpaired) electrons. The Morgan fingerprint density at radius 3 is 2.45 bits per heavy atom. The molecule has 7 heteroatoms. The second kappa shape index (κ2) is 11.6. The standard InChI is InChI=1S/C13H24N2O4S/c1-3-20-9-8-10(2)14-13(19)15-11(16)6-4-5-7-12(17)18/h10H,3-9H2,1-2H3,(H,17,18)(H2,14,15,16,19). The molecule has 0 heterocycles. The van der Waals surface area contributed by atoms with Crippen molar-refractivity contribution in [2.75, 3.05) is 11.5 Å². The van der Waals surface area contributed by atoms with Crippen LogP contribution in [0.2, 0.25) is 0 Å². The van der Waals surface area contributed by atoms with Crippen molar-refractivity contribution >= 4 is 29.7 Å². The zero-order valence-corrected chi connectivity index (χ0v) is 12.9. The van der Waals surface area contributed by atoms with Crippen molar-refractivity contribution in [3.63, 3.8) is 0 Å². The van der Waals surface area contributed by atoms with Crippen molar-refractivity contribution in [3.05, 3.63) is 0 Å². The number of unbranched alkanes of at least 4 members (excludes halogenated alkanes) is 1. The largest absolute Gasteiger partial charge is 0.481 e.